The van der Waals surface area contributed by atoms with Crippen LogP contribution in [0.15, 0.2) is 48.5 Å². The number of nitrogens with one attached hydrogen (secondary N) is 2. The van der Waals surface area contributed by atoms with Gasteiger partial charge in [-0.25, -0.2) is 12.8 Å². The lowest BCUT2D eigenvalue weighted by Gasteiger charge is -2.06. The van der Waals surface area contributed by atoms with Crippen molar-refractivity contribution in [3.8, 4) is 0 Å². The molecule has 2 N–H and O–H groups in total. The van der Waals surface area contributed by atoms with Crippen molar-refractivity contribution in [3.63, 3.8) is 0 Å². The number of H-pyrrole nitrogens is 1. The van der Waals surface area contributed by atoms with Crippen molar-refractivity contribution in [2.45, 2.75) is 5.75 Å². The molecule has 1 aromatic heterocycles. The van der Waals surface area contributed by atoms with Crippen LogP contribution in [-0.4, -0.2) is 18.6 Å². The summed E-state index contributed by atoms with van der Waals surface area (Å²) >= 11 is 0. The highest BCUT2D eigenvalue weighted by molar-refractivity contribution is 7.91. The van der Waals surface area contributed by atoms with E-state index in [9.17, 15) is 12.8 Å². The van der Waals surface area contributed by atoms with Gasteiger partial charge in [0.15, 0.2) is 5.82 Å². The number of aromatic nitrogens is 2. The average Bonchev–Trinajstić information content (AvgIpc) is 2.84. The van der Waals surface area contributed by atoms with E-state index in [4.69, 9.17) is 0 Å². The lowest BCUT2D eigenvalue weighted by atomic mass is 10.2. The van der Waals surface area contributed by atoms with Gasteiger partial charge in [-0.15, -0.1) is 0 Å². The molecule has 7 heteroatoms. The highest BCUT2D eigenvalue weighted by Gasteiger charge is 2.15. The molecule has 5 nitrogen and oxygen atoms in total. The topological polar surface area (TPSA) is 74.8 Å². The molecule has 0 fully saturated rings. The van der Waals surface area contributed by atoms with Gasteiger partial charge in [0.05, 0.1) is 11.3 Å². The Hall–Kier alpha value is -2.41. The summed E-state index contributed by atoms with van der Waals surface area (Å²) in [7, 11) is -3.62. The summed E-state index contributed by atoms with van der Waals surface area (Å²) in [5.74, 6) is -0.385. The first-order valence-corrected chi connectivity index (χ1v) is 7.87. The summed E-state index contributed by atoms with van der Waals surface area (Å²) in [6.45, 7) is 0. The van der Waals surface area contributed by atoms with Gasteiger partial charge in [-0.2, -0.15) is 5.10 Å². The minimum Gasteiger partial charge on any atom is -0.276 e. The van der Waals surface area contributed by atoms with Crippen LogP contribution in [0.5, 0.6) is 0 Å². The zero-order chi connectivity index (χ0) is 14.9. The smallest absolute Gasteiger partial charge is 0.238 e. The molecule has 0 aliphatic heterocycles. The minimum absolute atomic E-state index is 0.242. The second-order valence-electron chi connectivity index (χ2n) is 4.61. The lowest BCUT2D eigenvalue weighted by molar-refractivity contribution is 0.599. The Morgan fingerprint density at radius 2 is 1.81 bits per heavy atom. The van der Waals surface area contributed by atoms with Gasteiger partial charge in [0.1, 0.15) is 5.82 Å². The second-order valence-corrected chi connectivity index (χ2v) is 6.33. The molecule has 0 radical (unpaired) electrons. The summed E-state index contributed by atoms with van der Waals surface area (Å²) in [4.78, 5) is 0. The molecule has 0 spiro atoms. The maximum atomic E-state index is 12.8. The van der Waals surface area contributed by atoms with Crippen LogP contribution in [0.1, 0.15) is 5.56 Å². The number of sulfonamides is 1. The Morgan fingerprint density at radius 1 is 1.10 bits per heavy atom. The van der Waals surface area contributed by atoms with Gasteiger partial charge >= 0.3 is 0 Å². The third-order valence-electron chi connectivity index (χ3n) is 2.99. The van der Waals surface area contributed by atoms with E-state index in [1.165, 1.54) is 24.3 Å². The van der Waals surface area contributed by atoms with E-state index in [-0.39, 0.29) is 11.6 Å². The zero-order valence-electron chi connectivity index (χ0n) is 10.9. The van der Waals surface area contributed by atoms with Crippen LogP contribution in [0.4, 0.5) is 10.2 Å². The van der Waals surface area contributed by atoms with Crippen LogP contribution in [0.2, 0.25) is 0 Å². The lowest BCUT2D eigenvalue weighted by Crippen LogP contribution is -2.15. The SMILES string of the molecule is O=S(=O)(Cc1ccc(F)cc1)Nc1n[nH]c2ccccc12. The Morgan fingerprint density at radius 3 is 2.57 bits per heavy atom. The molecular weight excluding hydrogens is 293 g/mol. The fraction of sp³-hybridized carbons (Fsp3) is 0.0714. The number of benzene rings is 2. The van der Waals surface area contributed by atoms with Gasteiger partial charge in [-0.3, -0.25) is 9.82 Å². The van der Waals surface area contributed by atoms with Gasteiger partial charge in [-0.05, 0) is 29.8 Å². The molecule has 0 saturated heterocycles. The molecule has 0 saturated carbocycles. The first kappa shape index (κ1) is 13.6. The second kappa shape index (κ2) is 5.17. The zero-order valence-corrected chi connectivity index (χ0v) is 11.7. The van der Waals surface area contributed by atoms with Crippen molar-refractivity contribution >= 4 is 26.7 Å². The molecular formula is C14H12FN3O2S. The van der Waals surface area contributed by atoms with Crippen LogP contribution in [-0.2, 0) is 15.8 Å². The number of aromatic amines is 1. The minimum atomic E-state index is -3.62. The molecule has 0 bridgehead atoms. The van der Waals surface area contributed by atoms with Crippen molar-refractivity contribution in [3.05, 3.63) is 59.9 Å². The third kappa shape index (κ3) is 3.03. The monoisotopic (exact) mass is 305 g/mol. The van der Waals surface area contributed by atoms with E-state index >= 15 is 0 Å². The fourth-order valence-corrected chi connectivity index (χ4v) is 3.18. The van der Waals surface area contributed by atoms with Crippen LogP contribution in [0.3, 0.4) is 0 Å². The molecule has 3 rings (SSSR count). The van der Waals surface area contributed by atoms with Crippen molar-refractivity contribution in [2.75, 3.05) is 4.72 Å². The fourth-order valence-electron chi connectivity index (χ4n) is 2.02. The van der Waals surface area contributed by atoms with Gasteiger partial charge < -0.3 is 0 Å². The number of halogens is 1. The third-order valence-corrected chi connectivity index (χ3v) is 4.21. The highest BCUT2D eigenvalue weighted by Crippen LogP contribution is 2.21. The maximum absolute atomic E-state index is 12.8. The first-order valence-electron chi connectivity index (χ1n) is 6.21. The van der Waals surface area contributed by atoms with Gasteiger partial charge in [0, 0.05) is 5.39 Å². The normalized spacial score (nSPS) is 11.7. The predicted molar refractivity (Wildman–Crippen MR) is 78.7 cm³/mol. The van der Waals surface area contributed by atoms with E-state index in [0.29, 0.717) is 10.9 Å². The number of anilines is 1. The molecule has 0 aliphatic rings. The standard InChI is InChI=1S/C14H12FN3O2S/c15-11-7-5-10(6-8-11)9-21(19,20)18-14-12-3-1-2-4-13(12)16-17-14/h1-8H,9H2,(H2,16,17,18). The summed E-state index contributed by atoms with van der Waals surface area (Å²) < 4.78 is 39.5. The summed E-state index contributed by atoms with van der Waals surface area (Å²) in [5, 5.41) is 7.41. The largest absolute Gasteiger partial charge is 0.276 e. The van der Waals surface area contributed by atoms with Crippen molar-refractivity contribution < 1.29 is 12.8 Å². The number of hydrogen-bond donors (Lipinski definition) is 2. The number of nitrogens with zero attached hydrogens (tertiary/aromatic N) is 1. The molecule has 0 amide bonds. The van der Waals surface area contributed by atoms with Crippen molar-refractivity contribution in [2.24, 2.45) is 0 Å². The number of rotatable bonds is 4. The van der Waals surface area contributed by atoms with Gasteiger partial charge in [-0.1, -0.05) is 24.3 Å². The van der Waals surface area contributed by atoms with E-state index in [1.54, 1.807) is 18.2 Å². The Labute approximate surface area is 120 Å². The quantitative estimate of drug-likeness (QED) is 0.778. The summed E-state index contributed by atoms with van der Waals surface area (Å²) in [6, 6.07) is 12.6. The van der Waals surface area contributed by atoms with Crippen molar-refractivity contribution in [1.29, 1.82) is 0 Å². The van der Waals surface area contributed by atoms with Crippen LogP contribution in [0, 0.1) is 5.82 Å². The van der Waals surface area contributed by atoms with Crippen LogP contribution < -0.4 is 4.72 Å². The molecule has 21 heavy (non-hydrogen) atoms. The molecule has 0 unspecified atom stereocenters. The number of para-hydroxylation sites is 1. The van der Waals surface area contributed by atoms with E-state index < -0.39 is 15.8 Å². The number of hydrogen-bond acceptors (Lipinski definition) is 3. The first-order chi connectivity index (χ1) is 10.0. The Kier molecular flexibility index (Phi) is 3.34. The van der Waals surface area contributed by atoms with Gasteiger partial charge in [0.25, 0.3) is 0 Å². The maximum Gasteiger partial charge on any atom is 0.238 e. The summed E-state index contributed by atoms with van der Waals surface area (Å²) in [5.41, 5.74) is 1.25. The van der Waals surface area contributed by atoms with Crippen LogP contribution in [0.25, 0.3) is 10.9 Å². The highest BCUT2D eigenvalue weighted by atomic mass is 32.2. The summed E-state index contributed by atoms with van der Waals surface area (Å²) in [6.07, 6.45) is 0. The van der Waals surface area contributed by atoms with Crippen LogP contribution >= 0.6 is 0 Å². The Balaban J connectivity index is 1.84. The van der Waals surface area contributed by atoms with Crippen molar-refractivity contribution in [1.82, 2.24) is 10.2 Å². The van der Waals surface area contributed by atoms with E-state index in [0.717, 1.165) is 5.52 Å². The average molecular weight is 305 g/mol. The van der Waals surface area contributed by atoms with Gasteiger partial charge in [0.2, 0.25) is 10.0 Å². The Bertz CT molecular complexity index is 873. The molecule has 108 valence electrons. The van der Waals surface area contributed by atoms with E-state index in [1.807, 2.05) is 6.07 Å². The molecule has 0 aliphatic carbocycles. The molecule has 0 atom stereocenters. The predicted octanol–water partition coefficient (Wildman–Crippen LogP) is 2.64. The van der Waals surface area contributed by atoms with E-state index in [2.05, 4.69) is 14.9 Å². The molecule has 1 heterocycles. The molecule has 3 aromatic rings. The number of fused-ring (bicyclic) bond motifs is 1. The molecule has 2 aromatic carbocycles.